The minimum Gasteiger partial charge on any atom is -0.395 e. The lowest BCUT2D eigenvalue weighted by atomic mass is 9.92. The van der Waals surface area contributed by atoms with Gasteiger partial charge < -0.3 is 10.0 Å². The molecular formula is C24H37N3O2. The van der Waals surface area contributed by atoms with Crippen LogP contribution in [-0.4, -0.2) is 83.7 Å². The molecule has 5 nitrogen and oxygen atoms in total. The third-order valence-electron chi connectivity index (χ3n) is 7.43. The molecule has 1 aromatic rings. The van der Waals surface area contributed by atoms with E-state index in [9.17, 15) is 9.90 Å². The molecule has 1 N–H and O–H groups in total. The summed E-state index contributed by atoms with van der Waals surface area (Å²) in [4.78, 5) is 20.0. The summed E-state index contributed by atoms with van der Waals surface area (Å²) in [5, 5.41) is 9.23. The van der Waals surface area contributed by atoms with E-state index in [1.807, 2.05) is 11.8 Å². The Morgan fingerprint density at radius 1 is 1.03 bits per heavy atom. The highest BCUT2D eigenvalue weighted by atomic mass is 16.3. The van der Waals surface area contributed by atoms with Crippen LogP contribution in [0.2, 0.25) is 0 Å². The number of likely N-dealkylation sites (N-methyl/N-ethyl adjacent to an activating group) is 1. The third kappa shape index (κ3) is 4.68. The normalized spacial score (nSPS) is 24.6. The van der Waals surface area contributed by atoms with Crippen LogP contribution in [0, 0.1) is 5.92 Å². The molecular weight excluding hydrogens is 362 g/mol. The predicted molar refractivity (Wildman–Crippen MR) is 116 cm³/mol. The highest BCUT2D eigenvalue weighted by molar-refractivity contribution is 5.79. The molecule has 2 heterocycles. The molecule has 0 spiro atoms. The minimum absolute atomic E-state index is 0.0551. The van der Waals surface area contributed by atoms with Gasteiger partial charge in [0.1, 0.15) is 0 Å². The average Bonchev–Trinajstić information content (AvgIpc) is 3.21. The van der Waals surface area contributed by atoms with E-state index < -0.39 is 0 Å². The molecule has 5 heteroatoms. The Hall–Kier alpha value is -1.43. The van der Waals surface area contributed by atoms with Gasteiger partial charge in [-0.05, 0) is 76.2 Å². The molecule has 1 amide bonds. The van der Waals surface area contributed by atoms with Crippen molar-refractivity contribution >= 4 is 5.91 Å². The molecule has 0 saturated carbocycles. The van der Waals surface area contributed by atoms with Gasteiger partial charge in [0, 0.05) is 31.7 Å². The number of carbonyl (C=O) groups is 1. The Balaban J connectivity index is 1.28. The quantitative estimate of drug-likeness (QED) is 0.796. The average molecular weight is 400 g/mol. The Labute approximate surface area is 175 Å². The van der Waals surface area contributed by atoms with Crippen molar-refractivity contribution < 1.29 is 9.90 Å². The molecule has 0 radical (unpaired) electrons. The number of hydrogen-bond acceptors (Lipinski definition) is 4. The van der Waals surface area contributed by atoms with Crippen molar-refractivity contribution in [1.82, 2.24) is 14.7 Å². The van der Waals surface area contributed by atoms with Gasteiger partial charge in [-0.1, -0.05) is 24.3 Å². The van der Waals surface area contributed by atoms with Crippen LogP contribution in [-0.2, 0) is 17.6 Å². The van der Waals surface area contributed by atoms with Crippen molar-refractivity contribution in [3.8, 4) is 0 Å². The molecule has 0 aromatic heterocycles. The van der Waals surface area contributed by atoms with E-state index in [1.165, 1.54) is 38.8 Å². The second kappa shape index (κ2) is 9.59. The maximum atomic E-state index is 12.9. The Morgan fingerprint density at radius 3 is 2.34 bits per heavy atom. The smallest absolute Gasteiger partial charge is 0.227 e. The molecule has 0 bridgehead atoms. The van der Waals surface area contributed by atoms with Gasteiger partial charge in [-0.2, -0.15) is 0 Å². The van der Waals surface area contributed by atoms with E-state index in [-0.39, 0.29) is 18.4 Å². The van der Waals surface area contributed by atoms with Crippen LogP contribution < -0.4 is 0 Å². The summed E-state index contributed by atoms with van der Waals surface area (Å²) in [7, 11) is 0. The lowest BCUT2D eigenvalue weighted by Crippen LogP contribution is -2.52. The SMILES string of the molecule is CCN(CCO)C(=O)C1CCCN(C2CCN(C3Cc4ccccc4C3)CC2)C1. The summed E-state index contributed by atoms with van der Waals surface area (Å²) in [6, 6.07) is 10.2. The highest BCUT2D eigenvalue weighted by Crippen LogP contribution is 2.30. The van der Waals surface area contributed by atoms with Crippen molar-refractivity contribution in [2.24, 2.45) is 5.92 Å². The zero-order valence-electron chi connectivity index (χ0n) is 17.9. The topological polar surface area (TPSA) is 47.0 Å². The van der Waals surface area contributed by atoms with E-state index in [1.54, 1.807) is 11.1 Å². The lowest BCUT2D eigenvalue weighted by molar-refractivity contribution is -0.138. The second-order valence-electron chi connectivity index (χ2n) is 9.07. The van der Waals surface area contributed by atoms with Gasteiger partial charge in [-0.3, -0.25) is 14.6 Å². The molecule has 3 aliphatic rings. The van der Waals surface area contributed by atoms with Gasteiger partial charge in [-0.25, -0.2) is 0 Å². The van der Waals surface area contributed by atoms with Crippen molar-refractivity contribution in [2.45, 2.75) is 57.5 Å². The maximum absolute atomic E-state index is 12.9. The number of hydrogen-bond donors (Lipinski definition) is 1. The number of carbonyl (C=O) groups excluding carboxylic acids is 1. The fourth-order valence-electron chi connectivity index (χ4n) is 5.75. The van der Waals surface area contributed by atoms with Gasteiger partial charge in [-0.15, -0.1) is 0 Å². The highest BCUT2D eigenvalue weighted by Gasteiger charge is 2.35. The summed E-state index contributed by atoms with van der Waals surface area (Å²) in [5.74, 6) is 0.352. The Morgan fingerprint density at radius 2 is 1.72 bits per heavy atom. The van der Waals surface area contributed by atoms with Crippen LogP contribution in [0.15, 0.2) is 24.3 Å². The number of aliphatic hydroxyl groups is 1. The number of piperidine rings is 2. The largest absolute Gasteiger partial charge is 0.395 e. The number of amides is 1. The Bertz CT molecular complexity index is 661. The van der Waals surface area contributed by atoms with Crippen LogP contribution >= 0.6 is 0 Å². The maximum Gasteiger partial charge on any atom is 0.227 e. The first-order chi connectivity index (χ1) is 14.2. The van der Waals surface area contributed by atoms with E-state index in [0.29, 0.717) is 25.2 Å². The molecule has 1 atom stereocenters. The van der Waals surface area contributed by atoms with Crippen molar-refractivity contribution in [3.05, 3.63) is 35.4 Å². The summed E-state index contributed by atoms with van der Waals surface area (Å²) in [6.45, 7) is 7.63. The van der Waals surface area contributed by atoms with Gasteiger partial charge in [0.05, 0.1) is 12.5 Å². The number of fused-ring (bicyclic) bond motifs is 1. The first-order valence-electron chi connectivity index (χ1n) is 11.6. The summed E-state index contributed by atoms with van der Waals surface area (Å²) in [6.07, 6.45) is 6.98. The van der Waals surface area contributed by atoms with Crippen LogP contribution in [0.1, 0.15) is 43.7 Å². The van der Waals surface area contributed by atoms with Gasteiger partial charge >= 0.3 is 0 Å². The summed E-state index contributed by atoms with van der Waals surface area (Å²) >= 11 is 0. The number of rotatable bonds is 6. The fraction of sp³-hybridized carbons (Fsp3) is 0.708. The van der Waals surface area contributed by atoms with Crippen LogP contribution in [0.25, 0.3) is 0 Å². The van der Waals surface area contributed by atoms with Gasteiger partial charge in [0.2, 0.25) is 5.91 Å². The molecule has 1 aromatic carbocycles. The summed E-state index contributed by atoms with van der Waals surface area (Å²) < 4.78 is 0. The summed E-state index contributed by atoms with van der Waals surface area (Å²) in [5.41, 5.74) is 3.08. The molecule has 2 fully saturated rings. The van der Waals surface area contributed by atoms with Gasteiger partial charge in [0.15, 0.2) is 0 Å². The van der Waals surface area contributed by atoms with Crippen molar-refractivity contribution in [1.29, 1.82) is 0 Å². The first kappa shape index (κ1) is 20.8. The minimum atomic E-state index is 0.0551. The third-order valence-corrected chi connectivity index (χ3v) is 7.43. The van der Waals surface area contributed by atoms with Crippen LogP contribution in [0.5, 0.6) is 0 Å². The van der Waals surface area contributed by atoms with E-state index in [0.717, 1.165) is 25.9 Å². The molecule has 29 heavy (non-hydrogen) atoms. The Kier molecular flexibility index (Phi) is 6.88. The first-order valence-corrected chi connectivity index (χ1v) is 11.6. The fourth-order valence-corrected chi connectivity index (χ4v) is 5.75. The monoisotopic (exact) mass is 399 g/mol. The second-order valence-corrected chi connectivity index (χ2v) is 9.07. The van der Waals surface area contributed by atoms with Gasteiger partial charge in [0.25, 0.3) is 0 Å². The van der Waals surface area contributed by atoms with E-state index in [2.05, 4.69) is 34.1 Å². The standard InChI is InChI=1S/C24H37N3O2/c1-2-25(14-15-28)24(29)21-8-5-11-27(18-21)22-9-12-26(13-10-22)23-16-19-6-3-4-7-20(19)17-23/h3-4,6-7,21-23,28H,2,5,8-18H2,1H3. The number of benzene rings is 1. The number of aliphatic hydroxyl groups excluding tert-OH is 1. The molecule has 2 aliphatic heterocycles. The molecule has 1 unspecified atom stereocenters. The van der Waals surface area contributed by atoms with Crippen LogP contribution in [0.3, 0.4) is 0 Å². The molecule has 160 valence electrons. The lowest BCUT2D eigenvalue weighted by Gasteiger charge is -2.44. The predicted octanol–water partition coefficient (Wildman–Crippen LogP) is 2.17. The zero-order chi connectivity index (χ0) is 20.2. The van der Waals surface area contributed by atoms with Crippen LogP contribution in [0.4, 0.5) is 0 Å². The van der Waals surface area contributed by atoms with E-state index >= 15 is 0 Å². The number of likely N-dealkylation sites (tertiary alicyclic amines) is 2. The van der Waals surface area contributed by atoms with Crippen molar-refractivity contribution in [2.75, 3.05) is 45.9 Å². The molecule has 4 rings (SSSR count). The van der Waals surface area contributed by atoms with Crippen molar-refractivity contribution in [3.63, 3.8) is 0 Å². The molecule has 2 saturated heterocycles. The number of nitrogens with zero attached hydrogens (tertiary/aromatic N) is 3. The molecule has 1 aliphatic carbocycles. The zero-order valence-corrected chi connectivity index (χ0v) is 17.9. The van der Waals surface area contributed by atoms with E-state index in [4.69, 9.17) is 0 Å².